The summed E-state index contributed by atoms with van der Waals surface area (Å²) in [6.45, 7) is 2.19. The maximum absolute atomic E-state index is 12.1. The van der Waals surface area contributed by atoms with Crippen LogP contribution in [0.2, 0.25) is 0 Å². The lowest BCUT2D eigenvalue weighted by atomic mass is 10.1. The number of anilines is 2. The molecule has 2 N–H and O–H groups in total. The zero-order valence-electron chi connectivity index (χ0n) is 12.1. The Morgan fingerprint density at radius 3 is 2.82 bits per heavy atom. The zero-order valence-corrected chi connectivity index (χ0v) is 12.1. The lowest BCUT2D eigenvalue weighted by molar-refractivity contribution is -0.116. The Morgan fingerprint density at radius 2 is 2.09 bits per heavy atom. The Kier molecular flexibility index (Phi) is 3.50. The number of nitrogens with zero attached hydrogens (tertiary/aromatic N) is 1. The Morgan fingerprint density at radius 1 is 1.27 bits per heavy atom. The summed E-state index contributed by atoms with van der Waals surface area (Å²) in [4.78, 5) is 39.4. The van der Waals surface area contributed by atoms with Crippen molar-refractivity contribution >= 4 is 23.2 Å². The molecule has 0 radical (unpaired) electrons. The number of aromatic amines is 1. The second-order valence-electron chi connectivity index (χ2n) is 5.13. The Labute approximate surface area is 126 Å². The molecule has 0 saturated heterocycles. The maximum atomic E-state index is 12.1. The van der Waals surface area contributed by atoms with Crippen molar-refractivity contribution in [3.63, 3.8) is 0 Å². The van der Waals surface area contributed by atoms with E-state index in [0.29, 0.717) is 12.2 Å². The number of hydrogen-bond acceptors (Lipinski definition) is 3. The molecule has 22 heavy (non-hydrogen) atoms. The highest BCUT2D eigenvalue weighted by atomic mass is 16.2. The summed E-state index contributed by atoms with van der Waals surface area (Å²) in [5, 5.41) is 2.71. The van der Waals surface area contributed by atoms with Crippen LogP contribution in [-0.4, -0.2) is 23.3 Å². The number of aromatic nitrogens is 1. The third kappa shape index (κ3) is 2.50. The molecule has 0 atom stereocenters. The first-order chi connectivity index (χ1) is 10.6. The van der Waals surface area contributed by atoms with Gasteiger partial charge in [0, 0.05) is 31.0 Å². The standard InChI is InChI=1S/C16H15N3O3/c1-10(20)19-8-6-11-9-12(4-5-14(11)19)18-16(22)13-3-2-7-17-15(13)21/h2-5,7,9H,6,8H2,1H3,(H,17,21)(H,18,22). The third-order valence-electron chi connectivity index (χ3n) is 3.68. The first-order valence-corrected chi connectivity index (χ1v) is 6.96. The van der Waals surface area contributed by atoms with Crippen LogP contribution >= 0.6 is 0 Å². The molecule has 1 aromatic heterocycles. The molecule has 0 unspecified atom stereocenters. The zero-order chi connectivity index (χ0) is 15.7. The van der Waals surface area contributed by atoms with E-state index in [1.165, 1.54) is 19.2 Å². The van der Waals surface area contributed by atoms with E-state index in [0.717, 1.165) is 17.7 Å². The van der Waals surface area contributed by atoms with Gasteiger partial charge in [-0.25, -0.2) is 0 Å². The second kappa shape index (κ2) is 5.48. The molecule has 2 amide bonds. The van der Waals surface area contributed by atoms with Crippen LogP contribution < -0.4 is 15.8 Å². The van der Waals surface area contributed by atoms with Crippen LogP contribution in [0.15, 0.2) is 41.3 Å². The molecular formula is C16H15N3O3. The van der Waals surface area contributed by atoms with Gasteiger partial charge in [0.1, 0.15) is 5.56 Å². The van der Waals surface area contributed by atoms with Gasteiger partial charge in [0.2, 0.25) is 5.91 Å². The van der Waals surface area contributed by atoms with Gasteiger partial charge in [-0.3, -0.25) is 14.4 Å². The topological polar surface area (TPSA) is 82.3 Å². The smallest absolute Gasteiger partial charge is 0.261 e. The molecule has 0 aliphatic carbocycles. The monoisotopic (exact) mass is 297 g/mol. The van der Waals surface area contributed by atoms with Gasteiger partial charge in [0.05, 0.1) is 0 Å². The van der Waals surface area contributed by atoms with Gasteiger partial charge in [-0.1, -0.05) is 0 Å². The van der Waals surface area contributed by atoms with Crippen LogP contribution in [0, 0.1) is 0 Å². The maximum Gasteiger partial charge on any atom is 0.261 e. The second-order valence-corrected chi connectivity index (χ2v) is 5.13. The molecule has 2 heterocycles. The van der Waals surface area contributed by atoms with Gasteiger partial charge < -0.3 is 15.2 Å². The molecule has 1 aliphatic heterocycles. The number of carbonyl (C=O) groups is 2. The minimum Gasteiger partial charge on any atom is -0.328 e. The van der Waals surface area contributed by atoms with Gasteiger partial charge in [-0.2, -0.15) is 0 Å². The van der Waals surface area contributed by atoms with Crippen LogP contribution in [-0.2, 0) is 11.2 Å². The summed E-state index contributed by atoms with van der Waals surface area (Å²) in [6.07, 6.45) is 2.23. The lowest BCUT2D eigenvalue weighted by Crippen LogP contribution is -2.25. The molecule has 0 bridgehead atoms. The highest BCUT2D eigenvalue weighted by Gasteiger charge is 2.22. The van der Waals surface area contributed by atoms with E-state index in [1.54, 1.807) is 17.0 Å². The van der Waals surface area contributed by atoms with E-state index in [2.05, 4.69) is 10.3 Å². The van der Waals surface area contributed by atoms with Gasteiger partial charge in [0.15, 0.2) is 0 Å². The minimum atomic E-state index is -0.455. The average Bonchev–Trinajstić information content (AvgIpc) is 2.91. The van der Waals surface area contributed by atoms with Crippen molar-refractivity contribution in [1.82, 2.24) is 4.98 Å². The SMILES string of the molecule is CC(=O)N1CCc2cc(NC(=O)c3ccc[nH]c3=O)ccc21. The number of amides is 2. The number of benzene rings is 1. The molecular weight excluding hydrogens is 282 g/mol. The van der Waals surface area contributed by atoms with E-state index in [-0.39, 0.29) is 11.5 Å². The summed E-state index contributed by atoms with van der Waals surface area (Å²) in [5.74, 6) is -0.449. The number of rotatable bonds is 2. The van der Waals surface area contributed by atoms with Crippen LogP contribution in [0.5, 0.6) is 0 Å². The van der Waals surface area contributed by atoms with Crippen molar-refractivity contribution in [3.05, 3.63) is 58.0 Å². The van der Waals surface area contributed by atoms with Crippen molar-refractivity contribution in [2.45, 2.75) is 13.3 Å². The quantitative estimate of drug-likeness (QED) is 0.882. The fourth-order valence-corrected chi connectivity index (χ4v) is 2.61. The van der Waals surface area contributed by atoms with E-state index in [1.807, 2.05) is 12.1 Å². The molecule has 3 rings (SSSR count). The highest BCUT2D eigenvalue weighted by Crippen LogP contribution is 2.30. The fraction of sp³-hybridized carbons (Fsp3) is 0.188. The van der Waals surface area contributed by atoms with Crippen LogP contribution in [0.4, 0.5) is 11.4 Å². The molecule has 6 heteroatoms. The Balaban J connectivity index is 1.83. The number of fused-ring (bicyclic) bond motifs is 1. The van der Waals surface area contributed by atoms with Gasteiger partial charge in [-0.05, 0) is 42.3 Å². The van der Waals surface area contributed by atoms with E-state index in [9.17, 15) is 14.4 Å². The predicted molar refractivity (Wildman–Crippen MR) is 83.2 cm³/mol. The van der Waals surface area contributed by atoms with Crippen LogP contribution in [0.25, 0.3) is 0 Å². The van der Waals surface area contributed by atoms with Gasteiger partial charge in [0.25, 0.3) is 11.5 Å². The Hall–Kier alpha value is -2.89. The normalized spacial score (nSPS) is 12.9. The van der Waals surface area contributed by atoms with Crippen molar-refractivity contribution in [1.29, 1.82) is 0 Å². The molecule has 0 spiro atoms. The van der Waals surface area contributed by atoms with E-state index >= 15 is 0 Å². The van der Waals surface area contributed by atoms with Crippen molar-refractivity contribution in [2.75, 3.05) is 16.8 Å². The molecule has 0 fully saturated rings. The molecule has 0 saturated carbocycles. The molecule has 6 nitrogen and oxygen atoms in total. The minimum absolute atomic E-state index is 0.00588. The number of nitrogens with one attached hydrogen (secondary N) is 2. The number of pyridine rings is 1. The third-order valence-corrected chi connectivity index (χ3v) is 3.68. The van der Waals surface area contributed by atoms with Gasteiger partial charge in [-0.15, -0.1) is 0 Å². The van der Waals surface area contributed by atoms with Crippen molar-refractivity contribution < 1.29 is 9.59 Å². The van der Waals surface area contributed by atoms with E-state index in [4.69, 9.17) is 0 Å². The number of carbonyl (C=O) groups excluding carboxylic acids is 2. The first kappa shape index (κ1) is 14.1. The van der Waals surface area contributed by atoms with Crippen molar-refractivity contribution in [2.24, 2.45) is 0 Å². The summed E-state index contributed by atoms with van der Waals surface area (Å²) >= 11 is 0. The Bertz CT molecular complexity index is 810. The van der Waals surface area contributed by atoms with Crippen LogP contribution in [0.1, 0.15) is 22.8 Å². The molecule has 112 valence electrons. The molecule has 1 aliphatic rings. The molecule has 2 aromatic rings. The largest absolute Gasteiger partial charge is 0.328 e. The number of H-pyrrole nitrogens is 1. The highest BCUT2D eigenvalue weighted by molar-refractivity contribution is 6.04. The number of hydrogen-bond donors (Lipinski definition) is 2. The predicted octanol–water partition coefficient (Wildman–Crippen LogP) is 1.54. The summed E-state index contributed by atoms with van der Waals surface area (Å²) in [5.41, 5.74) is 2.13. The summed E-state index contributed by atoms with van der Waals surface area (Å²) in [7, 11) is 0. The fourth-order valence-electron chi connectivity index (χ4n) is 2.61. The average molecular weight is 297 g/mol. The summed E-state index contributed by atoms with van der Waals surface area (Å²) in [6, 6.07) is 8.46. The van der Waals surface area contributed by atoms with Crippen LogP contribution in [0.3, 0.4) is 0 Å². The lowest BCUT2D eigenvalue weighted by Gasteiger charge is -2.15. The van der Waals surface area contributed by atoms with Crippen molar-refractivity contribution in [3.8, 4) is 0 Å². The summed E-state index contributed by atoms with van der Waals surface area (Å²) < 4.78 is 0. The first-order valence-electron chi connectivity index (χ1n) is 6.96. The van der Waals surface area contributed by atoms with Gasteiger partial charge >= 0.3 is 0 Å². The van der Waals surface area contributed by atoms with E-state index < -0.39 is 11.5 Å². The molecule has 1 aromatic carbocycles.